The van der Waals surface area contributed by atoms with Crippen molar-refractivity contribution in [3.63, 3.8) is 0 Å². The number of aromatic amines is 1. The molecule has 6 nitrogen and oxygen atoms in total. The molecule has 1 atom stereocenters. The molecule has 0 amide bonds. The molecular formula is C12H17N5O. The first-order valence-electron chi connectivity index (χ1n) is 6.25. The van der Waals surface area contributed by atoms with E-state index in [1.54, 1.807) is 6.33 Å². The topological polar surface area (TPSA) is 67.8 Å². The number of imidazole rings is 1. The summed E-state index contributed by atoms with van der Waals surface area (Å²) in [5, 5.41) is 7.62. The summed E-state index contributed by atoms with van der Waals surface area (Å²) in [4.78, 5) is 7.03. The van der Waals surface area contributed by atoms with Crippen LogP contribution in [0.5, 0.6) is 0 Å². The highest BCUT2D eigenvalue weighted by molar-refractivity contribution is 5.38. The summed E-state index contributed by atoms with van der Waals surface area (Å²) < 4.78 is 7.53. The Morgan fingerprint density at radius 2 is 2.50 bits per heavy atom. The Balaban J connectivity index is 1.52. The van der Waals surface area contributed by atoms with Gasteiger partial charge >= 0.3 is 0 Å². The predicted molar refractivity (Wildman–Crippen MR) is 67.1 cm³/mol. The molecule has 0 spiro atoms. The molecule has 6 heteroatoms. The maximum absolute atomic E-state index is 5.59. The summed E-state index contributed by atoms with van der Waals surface area (Å²) in [6.07, 6.45) is 9.96. The van der Waals surface area contributed by atoms with Gasteiger partial charge in [-0.2, -0.15) is 5.10 Å². The highest BCUT2D eigenvalue weighted by atomic mass is 16.5. The number of hydrogen-bond donors (Lipinski definition) is 2. The lowest BCUT2D eigenvalue weighted by atomic mass is 10.2. The standard InChI is InChI=1S/C12H17N5O/c1-2-12(18-3-1)8-17-7-11(6-16-17)14-5-10-4-13-9-15-10/h4,6-7,9,12,14H,1-3,5,8H2,(H,13,15). The molecule has 1 aliphatic rings. The van der Waals surface area contributed by atoms with Crippen LogP contribution in [-0.4, -0.2) is 32.5 Å². The third kappa shape index (κ3) is 2.70. The summed E-state index contributed by atoms with van der Waals surface area (Å²) in [7, 11) is 0. The van der Waals surface area contributed by atoms with E-state index in [2.05, 4.69) is 20.4 Å². The Morgan fingerprint density at radius 1 is 1.50 bits per heavy atom. The van der Waals surface area contributed by atoms with Crippen LogP contribution in [0.2, 0.25) is 0 Å². The van der Waals surface area contributed by atoms with Gasteiger partial charge in [-0.15, -0.1) is 0 Å². The lowest BCUT2D eigenvalue weighted by Gasteiger charge is -2.08. The molecule has 0 aromatic carbocycles. The molecule has 1 aliphatic heterocycles. The smallest absolute Gasteiger partial charge is 0.0922 e. The van der Waals surface area contributed by atoms with E-state index < -0.39 is 0 Å². The predicted octanol–water partition coefficient (Wildman–Crippen LogP) is 1.40. The van der Waals surface area contributed by atoms with E-state index in [-0.39, 0.29) is 0 Å². The van der Waals surface area contributed by atoms with Gasteiger partial charge in [0.1, 0.15) is 0 Å². The Bertz CT molecular complexity index is 472. The van der Waals surface area contributed by atoms with Crippen molar-refractivity contribution in [1.82, 2.24) is 19.7 Å². The molecule has 2 N–H and O–H groups in total. The van der Waals surface area contributed by atoms with Gasteiger partial charge in [-0.25, -0.2) is 4.98 Å². The van der Waals surface area contributed by atoms with Gasteiger partial charge in [0.15, 0.2) is 0 Å². The van der Waals surface area contributed by atoms with Gasteiger partial charge in [0.05, 0.1) is 43.1 Å². The zero-order valence-electron chi connectivity index (χ0n) is 10.2. The highest BCUT2D eigenvalue weighted by Crippen LogP contribution is 2.15. The Kier molecular flexibility index (Phi) is 3.27. The van der Waals surface area contributed by atoms with Crippen LogP contribution in [0.1, 0.15) is 18.5 Å². The van der Waals surface area contributed by atoms with Crippen LogP contribution < -0.4 is 5.32 Å². The van der Waals surface area contributed by atoms with Crippen molar-refractivity contribution in [1.29, 1.82) is 0 Å². The van der Waals surface area contributed by atoms with Crippen molar-refractivity contribution in [2.45, 2.75) is 32.0 Å². The van der Waals surface area contributed by atoms with Crippen LogP contribution in [0.25, 0.3) is 0 Å². The monoisotopic (exact) mass is 247 g/mol. The molecule has 2 aromatic heterocycles. The van der Waals surface area contributed by atoms with Crippen molar-refractivity contribution < 1.29 is 4.74 Å². The van der Waals surface area contributed by atoms with E-state index in [0.29, 0.717) is 6.10 Å². The first-order valence-corrected chi connectivity index (χ1v) is 6.25. The van der Waals surface area contributed by atoms with E-state index in [1.165, 1.54) is 0 Å². The first-order chi connectivity index (χ1) is 8.90. The van der Waals surface area contributed by atoms with Crippen molar-refractivity contribution in [2.75, 3.05) is 11.9 Å². The Hall–Kier alpha value is -1.82. The van der Waals surface area contributed by atoms with E-state index >= 15 is 0 Å². The lowest BCUT2D eigenvalue weighted by molar-refractivity contribution is 0.0940. The van der Waals surface area contributed by atoms with Crippen LogP contribution in [0, 0.1) is 0 Å². The van der Waals surface area contributed by atoms with Crippen molar-refractivity contribution in [3.05, 3.63) is 30.6 Å². The molecule has 0 radical (unpaired) electrons. The molecule has 3 heterocycles. The van der Waals surface area contributed by atoms with Gasteiger partial charge in [-0.1, -0.05) is 0 Å². The number of hydrogen-bond acceptors (Lipinski definition) is 4. The molecular weight excluding hydrogens is 230 g/mol. The summed E-state index contributed by atoms with van der Waals surface area (Å²) in [5.41, 5.74) is 2.07. The molecule has 2 aromatic rings. The molecule has 96 valence electrons. The molecule has 3 rings (SSSR count). The minimum absolute atomic E-state index is 0.324. The van der Waals surface area contributed by atoms with Crippen molar-refractivity contribution in [3.8, 4) is 0 Å². The maximum Gasteiger partial charge on any atom is 0.0922 e. The number of anilines is 1. The fraction of sp³-hybridized carbons (Fsp3) is 0.500. The van der Waals surface area contributed by atoms with Gasteiger partial charge in [0, 0.05) is 19.0 Å². The second-order valence-electron chi connectivity index (χ2n) is 4.52. The molecule has 0 aliphatic carbocycles. The Morgan fingerprint density at radius 3 is 3.28 bits per heavy atom. The maximum atomic E-state index is 5.59. The van der Waals surface area contributed by atoms with Gasteiger partial charge in [0.2, 0.25) is 0 Å². The van der Waals surface area contributed by atoms with E-state index in [4.69, 9.17) is 4.74 Å². The molecule has 0 bridgehead atoms. The fourth-order valence-corrected chi connectivity index (χ4v) is 2.13. The average Bonchev–Trinajstić information content (AvgIpc) is 3.09. The molecule has 1 fully saturated rings. The number of rotatable bonds is 5. The number of nitrogens with zero attached hydrogens (tertiary/aromatic N) is 3. The molecule has 18 heavy (non-hydrogen) atoms. The molecule has 1 unspecified atom stereocenters. The largest absolute Gasteiger partial charge is 0.377 e. The SMILES string of the molecule is c1ncc(CNc2cnn(CC3CCCO3)c2)[nH]1. The zero-order valence-corrected chi connectivity index (χ0v) is 10.2. The minimum Gasteiger partial charge on any atom is -0.377 e. The summed E-state index contributed by atoms with van der Waals surface area (Å²) in [6, 6.07) is 0. The van der Waals surface area contributed by atoms with Gasteiger partial charge in [0.25, 0.3) is 0 Å². The lowest BCUT2D eigenvalue weighted by Crippen LogP contribution is -2.15. The number of H-pyrrole nitrogens is 1. The van der Waals surface area contributed by atoms with Gasteiger partial charge in [-0.05, 0) is 12.8 Å². The van der Waals surface area contributed by atoms with E-state index in [9.17, 15) is 0 Å². The average molecular weight is 247 g/mol. The number of aromatic nitrogens is 4. The van der Waals surface area contributed by atoms with E-state index in [1.807, 2.05) is 23.3 Å². The van der Waals surface area contributed by atoms with Crippen molar-refractivity contribution >= 4 is 5.69 Å². The van der Waals surface area contributed by atoms with Crippen LogP contribution in [0.3, 0.4) is 0 Å². The third-order valence-corrected chi connectivity index (χ3v) is 3.09. The second-order valence-corrected chi connectivity index (χ2v) is 4.52. The molecule has 0 saturated carbocycles. The van der Waals surface area contributed by atoms with Crippen LogP contribution in [0.15, 0.2) is 24.9 Å². The Labute approximate surface area is 105 Å². The van der Waals surface area contributed by atoms with E-state index in [0.717, 1.165) is 43.9 Å². The number of nitrogens with one attached hydrogen (secondary N) is 2. The summed E-state index contributed by atoms with van der Waals surface area (Å²) in [6.45, 7) is 2.45. The zero-order chi connectivity index (χ0) is 12.2. The highest BCUT2D eigenvalue weighted by Gasteiger charge is 2.16. The van der Waals surface area contributed by atoms with Gasteiger partial charge in [-0.3, -0.25) is 4.68 Å². The first kappa shape index (κ1) is 11.3. The normalized spacial score (nSPS) is 19.2. The quantitative estimate of drug-likeness (QED) is 0.838. The third-order valence-electron chi connectivity index (χ3n) is 3.09. The van der Waals surface area contributed by atoms with Crippen LogP contribution >= 0.6 is 0 Å². The van der Waals surface area contributed by atoms with Crippen LogP contribution in [-0.2, 0) is 17.8 Å². The summed E-state index contributed by atoms with van der Waals surface area (Å²) >= 11 is 0. The van der Waals surface area contributed by atoms with Crippen molar-refractivity contribution in [2.24, 2.45) is 0 Å². The summed E-state index contributed by atoms with van der Waals surface area (Å²) in [5.74, 6) is 0. The second kappa shape index (κ2) is 5.22. The van der Waals surface area contributed by atoms with Crippen LogP contribution in [0.4, 0.5) is 5.69 Å². The number of ether oxygens (including phenoxy) is 1. The van der Waals surface area contributed by atoms with Gasteiger partial charge < -0.3 is 15.0 Å². The molecule has 1 saturated heterocycles. The minimum atomic E-state index is 0.324. The fourth-order valence-electron chi connectivity index (χ4n) is 2.13.